The Hall–Kier alpha value is -3.41. The molecule has 1 atom stereocenters. The quantitative estimate of drug-likeness (QED) is 0.484. The van der Waals surface area contributed by atoms with Gasteiger partial charge >= 0.3 is 0 Å². The Morgan fingerprint density at radius 1 is 1.00 bits per heavy atom. The van der Waals surface area contributed by atoms with Crippen molar-refractivity contribution in [2.24, 2.45) is 5.92 Å². The number of halogens is 3. The molecule has 2 aromatic heterocycles. The summed E-state index contributed by atoms with van der Waals surface area (Å²) < 4.78 is 49.5. The van der Waals surface area contributed by atoms with Gasteiger partial charge in [-0.05, 0) is 44.9 Å². The maximum absolute atomic E-state index is 14.4. The number of aromatic nitrogens is 4. The van der Waals surface area contributed by atoms with Crippen LogP contribution in [-0.2, 0) is 9.53 Å². The Morgan fingerprint density at radius 3 is 2.42 bits per heavy atom. The molecular formula is C26H30F3N7O2. The number of benzene rings is 1. The van der Waals surface area contributed by atoms with Gasteiger partial charge < -0.3 is 20.3 Å². The van der Waals surface area contributed by atoms with Crippen LogP contribution < -0.4 is 10.6 Å². The molecule has 1 aliphatic carbocycles. The predicted octanol–water partition coefficient (Wildman–Crippen LogP) is 4.54. The number of anilines is 3. The van der Waals surface area contributed by atoms with Crippen molar-refractivity contribution in [3.63, 3.8) is 0 Å². The number of ether oxygens (including phenoxy) is 1. The first-order valence-electron chi connectivity index (χ1n) is 13.3. The van der Waals surface area contributed by atoms with Crippen LogP contribution in [0.4, 0.5) is 30.8 Å². The molecule has 202 valence electrons. The molecule has 3 aromatic rings. The van der Waals surface area contributed by atoms with Crippen LogP contribution >= 0.6 is 0 Å². The molecule has 0 bridgehead atoms. The van der Waals surface area contributed by atoms with Crippen LogP contribution in [0.25, 0.3) is 11.2 Å². The number of carbonyl (C=O) groups is 1. The van der Waals surface area contributed by atoms with Gasteiger partial charge in [-0.3, -0.25) is 9.36 Å². The summed E-state index contributed by atoms with van der Waals surface area (Å²) in [4.78, 5) is 28.4. The Kier molecular flexibility index (Phi) is 6.81. The number of hydrogen-bond acceptors (Lipinski definition) is 7. The van der Waals surface area contributed by atoms with Crippen molar-refractivity contribution in [3.05, 3.63) is 35.8 Å². The highest BCUT2D eigenvalue weighted by atomic mass is 19.1. The molecule has 9 nitrogen and oxygen atoms in total. The van der Waals surface area contributed by atoms with Crippen molar-refractivity contribution >= 4 is 34.7 Å². The van der Waals surface area contributed by atoms with Crippen LogP contribution in [0.1, 0.15) is 51.0 Å². The summed E-state index contributed by atoms with van der Waals surface area (Å²) in [6.07, 6.45) is 7.78. The summed E-state index contributed by atoms with van der Waals surface area (Å²) in [7, 11) is 0. The van der Waals surface area contributed by atoms with E-state index in [2.05, 4.69) is 20.6 Å². The summed E-state index contributed by atoms with van der Waals surface area (Å²) >= 11 is 0. The second-order valence-electron chi connectivity index (χ2n) is 10.3. The number of carbonyl (C=O) groups excluding carboxylic acids is 1. The van der Waals surface area contributed by atoms with E-state index in [0.717, 1.165) is 51.6 Å². The van der Waals surface area contributed by atoms with Gasteiger partial charge in [0.05, 0.1) is 18.8 Å². The fourth-order valence-corrected chi connectivity index (χ4v) is 5.76. The van der Waals surface area contributed by atoms with E-state index >= 15 is 0 Å². The minimum atomic E-state index is -1.06. The molecule has 2 aliphatic heterocycles. The highest BCUT2D eigenvalue weighted by molar-refractivity contribution is 5.79. The average molecular weight is 530 g/mol. The van der Waals surface area contributed by atoms with Gasteiger partial charge in [0.1, 0.15) is 17.0 Å². The molecule has 12 heteroatoms. The van der Waals surface area contributed by atoms with E-state index in [4.69, 9.17) is 9.72 Å². The molecule has 0 spiro atoms. The van der Waals surface area contributed by atoms with Crippen molar-refractivity contribution in [2.45, 2.75) is 57.0 Å². The first-order valence-corrected chi connectivity index (χ1v) is 13.3. The second kappa shape index (κ2) is 10.4. The van der Waals surface area contributed by atoms with Crippen LogP contribution in [0.2, 0.25) is 0 Å². The SMILES string of the molecule is O=C(C1CCC(Nc2ncc3nc(Nc4c(F)cc(F)cc4F)n([C@@H]4CCOC4)c3n2)CC1)N1CCCC1. The average Bonchev–Trinajstić information content (AvgIpc) is 3.67. The van der Waals surface area contributed by atoms with Crippen LogP contribution in [0.15, 0.2) is 18.3 Å². The number of likely N-dealkylation sites (tertiary alicyclic amines) is 1. The Morgan fingerprint density at radius 2 is 1.74 bits per heavy atom. The van der Waals surface area contributed by atoms with E-state index < -0.39 is 23.1 Å². The monoisotopic (exact) mass is 529 g/mol. The van der Waals surface area contributed by atoms with E-state index in [-0.39, 0.29) is 29.9 Å². The standard InChI is InChI=1S/C26H30F3N7O2/c27-16-11-19(28)22(20(29)12-16)33-26-32-21-13-30-25(34-23(21)36(26)18-7-10-38-14-18)31-17-5-3-15(4-6-17)24(37)35-8-1-2-9-35/h11-13,15,17-18H,1-10,14H2,(H,32,33)(H,30,31,34)/t15?,17?,18-/m1/s1. The minimum absolute atomic E-state index is 0.0826. The fourth-order valence-electron chi connectivity index (χ4n) is 5.76. The molecular weight excluding hydrogens is 499 g/mol. The fraction of sp³-hybridized carbons (Fsp3) is 0.538. The van der Waals surface area contributed by atoms with Crippen molar-refractivity contribution in [3.8, 4) is 0 Å². The number of nitrogens with zero attached hydrogens (tertiary/aromatic N) is 5. The van der Waals surface area contributed by atoms with Gasteiger partial charge in [-0.1, -0.05) is 0 Å². The van der Waals surface area contributed by atoms with Gasteiger partial charge in [0.15, 0.2) is 17.3 Å². The molecule has 4 heterocycles. The minimum Gasteiger partial charge on any atom is -0.379 e. The third kappa shape index (κ3) is 4.89. The molecule has 0 radical (unpaired) electrons. The summed E-state index contributed by atoms with van der Waals surface area (Å²) in [6, 6.07) is 1.23. The van der Waals surface area contributed by atoms with Crippen LogP contribution in [-0.4, -0.2) is 62.7 Å². The lowest BCUT2D eigenvalue weighted by atomic mass is 9.85. The van der Waals surface area contributed by atoms with E-state index in [1.54, 1.807) is 10.8 Å². The predicted molar refractivity (Wildman–Crippen MR) is 135 cm³/mol. The van der Waals surface area contributed by atoms with Gasteiger partial charge in [-0.15, -0.1) is 0 Å². The largest absolute Gasteiger partial charge is 0.379 e. The number of amides is 1. The number of nitrogens with one attached hydrogen (secondary N) is 2. The Balaban J connectivity index is 1.22. The summed E-state index contributed by atoms with van der Waals surface area (Å²) in [5.74, 6) is -2.15. The van der Waals surface area contributed by atoms with Gasteiger partial charge in [-0.25, -0.2) is 23.1 Å². The van der Waals surface area contributed by atoms with Crippen LogP contribution in [0.5, 0.6) is 0 Å². The van der Waals surface area contributed by atoms with E-state index in [1.807, 2.05) is 4.90 Å². The number of imidazole rings is 1. The molecule has 1 amide bonds. The Bertz CT molecular complexity index is 1310. The van der Waals surface area contributed by atoms with E-state index in [9.17, 15) is 18.0 Å². The van der Waals surface area contributed by atoms with Crippen LogP contribution in [0, 0.1) is 23.4 Å². The summed E-state index contributed by atoms with van der Waals surface area (Å²) in [5, 5.41) is 6.10. The molecule has 6 rings (SSSR count). The molecule has 2 saturated heterocycles. The van der Waals surface area contributed by atoms with E-state index in [1.165, 1.54) is 0 Å². The highest BCUT2D eigenvalue weighted by Crippen LogP contribution is 2.33. The molecule has 1 aromatic carbocycles. The highest BCUT2D eigenvalue weighted by Gasteiger charge is 2.31. The lowest BCUT2D eigenvalue weighted by Gasteiger charge is -2.30. The lowest BCUT2D eigenvalue weighted by Crippen LogP contribution is -2.37. The second-order valence-corrected chi connectivity index (χ2v) is 10.3. The zero-order valence-electron chi connectivity index (χ0n) is 20.9. The maximum atomic E-state index is 14.4. The van der Waals surface area contributed by atoms with Gasteiger partial charge in [0, 0.05) is 43.8 Å². The number of hydrogen-bond donors (Lipinski definition) is 2. The smallest absolute Gasteiger partial charge is 0.225 e. The molecule has 3 fully saturated rings. The zero-order chi connectivity index (χ0) is 26.2. The molecule has 3 aliphatic rings. The first kappa shape index (κ1) is 24.9. The topological polar surface area (TPSA) is 97.2 Å². The summed E-state index contributed by atoms with van der Waals surface area (Å²) in [6.45, 7) is 2.69. The molecule has 0 unspecified atom stereocenters. The van der Waals surface area contributed by atoms with Crippen molar-refractivity contribution < 1.29 is 22.7 Å². The normalized spacial score (nSPS) is 23.8. The zero-order valence-corrected chi connectivity index (χ0v) is 20.9. The third-order valence-electron chi connectivity index (χ3n) is 7.77. The van der Waals surface area contributed by atoms with Crippen molar-refractivity contribution in [2.75, 3.05) is 36.9 Å². The van der Waals surface area contributed by atoms with Crippen molar-refractivity contribution in [1.82, 2.24) is 24.4 Å². The first-order chi connectivity index (χ1) is 18.5. The Labute approximate surface area is 217 Å². The maximum Gasteiger partial charge on any atom is 0.225 e. The van der Waals surface area contributed by atoms with Gasteiger partial charge in [0.2, 0.25) is 17.8 Å². The van der Waals surface area contributed by atoms with Gasteiger partial charge in [0.25, 0.3) is 0 Å². The molecule has 1 saturated carbocycles. The van der Waals surface area contributed by atoms with Gasteiger partial charge in [-0.2, -0.15) is 4.98 Å². The third-order valence-corrected chi connectivity index (χ3v) is 7.77. The van der Waals surface area contributed by atoms with E-state index in [0.29, 0.717) is 48.9 Å². The molecule has 38 heavy (non-hydrogen) atoms. The summed E-state index contributed by atoms with van der Waals surface area (Å²) in [5.41, 5.74) is 0.461. The number of rotatable bonds is 6. The van der Waals surface area contributed by atoms with Crippen LogP contribution in [0.3, 0.4) is 0 Å². The lowest BCUT2D eigenvalue weighted by molar-refractivity contribution is -0.135. The molecule has 2 N–H and O–H groups in total. The number of fused-ring (bicyclic) bond motifs is 1. The van der Waals surface area contributed by atoms with Crippen molar-refractivity contribution in [1.29, 1.82) is 0 Å².